The van der Waals surface area contributed by atoms with E-state index in [0.717, 1.165) is 53.4 Å². The van der Waals surface area contributed by atoms with Gasteiger partial charge in [-0.25, -0.2) is 4.98 Å². The summed E-state index contributed by atoms with van der Waals surface area (Å²) in [5, 5.41) is 1.76. The van der Waals surface area contributed by atoms with Gasteiger partial charge in [-0.3, -0.25) is 9.36 Å². The number of ether oxygens (including phenoxy) is 1. The molecule has 4 nitrogen and oxygen atoms in total. The summed E-state index contributed by atoms with van der Waals surface area (Å²) in [6.07, 6.45) is 7.17. The van der Waals surface area contributed by atoms with Crippen LogP contribution in [0, 0.1) is 0 Å². The van der Waals surface area contributed by atoms with E-state index in [1.165, 1.54) is 23.3 Å². The molecule has 124 valence electrons. The summed E-state index contributed by atoms with van der Waals surface area (Å²) in [5.41, 5.74) is 1.44. The fraction of sp³-hybridized carbons (Fsp3) is 0.647. The molecular formula is C17H22N2O2S2. The van der Waals surface area contributed by atoms with Gasteiger partial charge in [0.1, 0.15) is 4.83 Å². The predicted octanol–water partition coefficient (Wildman–Crippen LogP) is 3.63. The first kappa shape index (κ1) is 15.7. The maximum atomic E-state index is 13.0. The lowest BCUT2D eigenvalue weighted by molar-refractivity contribution is 0.129. The molecule has 0 N–H and O–H groups in total. The van der Waals surface area contributed by atoms with Crippen molar-refractivity contribution in [1.82, 2.24) is 9.55 Å². The summed E-state index contributed by atoms with van der Waals surface area (Å²) in [7, 11) is 0. The van der Waals surface area contributed by atoms with Crippen molar-refractivity contribution in [3.05, 3.63) is 20.8 Å². The molecule has 4 rings (SSSR count). The maximum absolute atomic E-state index is 13.0. The third kappa shape index (κ3) is 2.85. The molecule has 0 spiro atoms. The molecule has 1 unspecified atom stereocenters. The molecule has 2 aliphatic rings. The zero-order valence-electron chi connectivity index (χ0n) is 13.5. The zero-order chi connectivity index (χ0) is 15.8. The molecule has 0 bridgehead atoms. The summed E-state index contributed by atoms with van der Waals surface area (Å²) in [5.74, 6) is 0.892. The molecule has 0 amide bonds. The first-order valence-corrected chi connectivity index (χ1v) is 10.4. The van der Waals surface area contributed by atoms with Crippen LogP contribution in [0.15, 0.2) is 9.95 Å². The van der Waals surface area contributed by atoms with E-state index in [4.69, 9.17) is 9.72 Å². The Bertz CT molecular complexity index is 775. The lowest BCUT2D eigenvalue weighted by atomic mass is 9.97. The van der Waals surface area contributed by atoms with Crippen LogP contribution in [0.5, 0.6) is 0 Å². The van der Waals surface area contributed by atoms with Crippen molar-refractivity contribution in [2.24, 2.45) is 0 Å². The molecule has 1 saturated heterocycles. The molecule has 0 aromatic carbocycles. The van der Waals surface area contributed by atoms with Crippen LogP contribution in [0.4, 0.5) is 0 Å². The smallest absolute Gasteiger partial charge is 0.263 e. The van der Waals surface area contributed by atoms with Crippen LogP contribution in [0.2, 0.25) is 0 Å². The molecule has 1 aliphatic heterocycles. The SMILES string of the molecule is CCn1c(SCC2CCCO2)nc2sc3c(c2c1=O)CCCC3. The van der Waals surface area contributed by atoms with Crippen LogP contribution < -0.4 is 5.56 Å². The molecule has 6 heteroatoms. The third-order valence-electron chi connectivity index (χ3n) is 4.78. The Balaban J connectivity index is 1.73. The largest absolute Gasteiger partial charge is 0.377 e. The Morgan fingerprint density at radius 1 is 1.35 bits per heavy atom. The second kappa shape index (κ2) is 6.57. The van der Waals surface area contributed by atoms with Gasteiger partial charge in [-0.2, -0.15) is 0 Å². The summed E-state index contributed by atoms with van der Waals surface area (Å²) >= 11 is 3.41. The number of thioether (sulfide) groups is 1. The molecule has 2 aromatic rings. The van der Waals surface area contributed by atoms with Crippen LogP contribution in [-0.4, -0.2) is 28.0 Å². The Hall–Kier alpha value is -0.850. The van der Waals surface area contributed by atoms with Gasteiger partial charge in [0.2, 0.25) is 0 Å². The lowest BCUT2D eigenvalue weighted by Crippen LogP contribution is -2.23. The number of aromatic nitrogens is 2. The normalized spacial score (nSPS) is 21.0. The molecule has 2 aromatic heterocycles. The predicted molar refractivity (Wildman–Crippen MR) is 95.9 cm³/mol. The fourth-order valence-electron chi connectivity index (χ4n) is 3.55. The minimum absolute atomic E-state index is 0.159. The molecule has 3 heterocycles. The molecule has 1 atom stereocenters. The van der Waals surface area contributed by atoms with Crippen molar-refractivity contribution in [3.8, 4) is 0 Å². The molecule has 0 saturated carbocycles. The maximum Gasteiger partial charge on any atom is 0.263 e. The lowest BCUT2D eigenvalue weighted by Gasteiger charge is -2.13. The Morgan fingerprint density at radius 2 is 2.22 bits per heavy atom. The third-order valence-corrected chi connectivity index (χ3v) is 7.07. The first-order valence-electron chi connectivity index (χ1n) is 8.57. The molecule has 0 radical (unpaired) electrons. The number of rotatable bonds is 4. The van der Waals surface area contributed by atoms with E-state index in [2.05, 4.69) is 0 Å². The van der Waals surface area contributed by atoms with Crippen LogP contribution in [-0.2, 0) is 24.1 Å². The number of nitrogens with zero attached hydrogens (tertiary/aromatic N) is 2. The van der Waals surface area contributed by atoms with Crippen LogP contribution in [0.3, 0.4) is 0 Å². The van der Waals surface area contributed by atoms with Gasteiger partial charge in [-0.05, 0) is 51.0 Å². The summed E-state index contributed by atoms with van der Waals surface area (Å²) in [6.45, 7) is 3.58. The topological polar surface area (TPSA) is 44.1 Å². The average Bonchev–Trinajstić information content (AvgIpc) is 3.20. The number of aryl methyl sites for hydroxylation is 2. The van der Waals surface area contributed by atoms with E-state index in [-0.39, 0.29) is 5.56 Å². The molecular weight excluding hydrogens is 328 g/mol. The zero-order valence-corrected chi connectivity index (χ0v) is 15.1. The van der Waals surface area contributed by atoms with E-state index >= 15 is 0 Å². The highest BCUT2D eigenvalue weighted by molar-refractivity contribution is 7.99. The van der Waals surface area contributed by atoms with Crippen LogP contribution in [0.25, 0.3) is 10.2 Å². The van der Waals surface area contributed by atoms with Gasteiger partial charge in [0.15, 0.2) is 5.16 Å². The van der Waals surface area contributed by atoms with Crippen molar-refractivity contribution >= 4 is 33.3 Å². The first-order chi connectivity index (χ1) is 11.3. The van der Waals surface area contributed by atoms with Crippen molar-refractivity contribution in [3.63, 3.8) is 0 Å². The number of hydrogen-bond donors (Lipinski definition) is 0. The van der Waals surface area contributed by atoms with Crippen molar-refractivity contribution < 1.29 is 4.74 Å². The van der Waals surface area contributed by atoms with Crippen molar-refractivity contribution in [2.75, 3.05) is 12.4 Å². The van der Waals surface area contributed by atoms with Gasteiger partial charge in [-0.1, -0.05) is 11.8 Å². The van der Waals surface area contributed by atoms with Crippen molar-refractivity contribution in [1.29, 1.82) is 0 Å². The fourth-order valence-corrected chi connectivity index (χ4v) is 5.98. The highest BCUT2D eigenvalue weighted by Gasteiger charge is 2.23. The standard InChI is InChI=1S/C17H22N2O2S2/c1-2-19-16(20)14-12-7-3-4-8-13(12)23-15(14)18-17(19)22-10-11-6-5-9-21-11/h11H,2-10H2,1H3. The number of fused-ring (bicyclic) bond motifs is 3. The van der Waals surface area contributed by atoms with Crippen molar-refractivity contribution in [2.45, 2.75) is 63.3 Å². The van der Waals surface area contributed by atoms with E-state index < -0.39 is 0 Å². The summed E-state index contributed by atoms with van der Waals surface area (Å²) in [6, 6.07) is 0. The van der Waals surface area contributed by atoms with Gasteiger partial charge in [0.05, 0.1) is 11.5 Å². The van der Waals surface area contributed by atoms with Gasteiger partial charge >= 0.3 is 0 Å². The number of thiophene rings is 1. The second-order valence-corrected chi connectivity index (χ2v) is 8.35. The van der Waals surface area contributed by atoms with E-state index in [0.29, 0.717) is 12.6 Å². The second-order valence-electron chi connectivity index (χ2n) is 6.28. The summed E-state index contributed by atoms with van der Waals surface area (Å²) in [4.78, 5) is 20.2. The Kier molecular flexibility index (Phi) is 4.48. The highest BCUT2D eigenvalue weighted by atomic mass is 32.2. The van der Waals surface area contributed by atoms with E-state index in [9.17, 15) is 4.79 Å². The van der Waals surface area contributed by atoms with Gasteiger partial charge < -0.3 is 4.74 Å². The molecule has 1 aliphatic carbocycles. The van der Waals surface area contributed by atoms with Gasteiger partial charge in [0.25, 0.3) is 5.56 Å². The quantitative estimate of drug-likeness (QED) is 0.624. The van der Waals surface area contributed by atoms with Gasteiger partial charge in [-0.15, -0.1) is 11.3 Å². The Labute approximate surface area is 144 Å². The molecule has 23 heavy (non-hydrogen) atoms. The Morgan fingerprint density at radius 3 is 3.00 bits per heavy atom. The minimum Gasteiger partial charge on any atom is -0.377 e. The van der Waals surface area contributed by atoms with Gasteiger partial charge in [0, 0.05) is 23.8 Å². The highest BCUT2D eigenvalue weighted by Crippen LogP contribution is 2.35. The van der Waals surface area contributed by atoms with Crippen LogP contribution >= 0.6 is 23.1 Å². The number of hydrogen-bond acceptors (Lipinski definition) is 5. The van der Waals surface area contributed by atoms with E-state index in [1.54, 1.807) is 23.1 Å². The summed E-state index contributed by atoms with van der Waals surface area (Å²) < 4.78 is 7.55. The average molecular weight is 351 g/mol. The van der Waals surface area contributed by atoms with E-state index in [1.807, 2.05) is 11.5 Å². The monoisotopic (exact) mass is 350 g/mol. The molecule has 1 fully saturated rings. The minimum atomic E-state index is 0.159. The van der Waals surface area contributed by atoms with Crippen LogP contribution in [0.1, 0.15) is 43.0 Å².